The molecule has 3 N–H and O–H groups in total. The number of carbonyl (C=O) groups excluding carboxylic acids is 1. The standard InChI is InChI=1S/C13H14N2O3S2.ClH/c1-15-13(16)9-3-2-4-11(7-9)20(17,18)12-6-5-10(8-14)19-12;/h2-7H,8,14H2,1H3,(H,15,16);1H. The smallest absolute Gasteiger partial charge is 0.251 e. The maximum absolute atomic E-state index is 12.5. The number of nitrogens with two attached hydrogens (primary N) is 1. The van der Waals surface area contributed by atoms with E-state index < -0.39 is 9.84 Å². The van der Waals surface area contributed by atoms with Crippen molar-refractivity contribution in [2.24, 2.45) is 5.73 Å². The molecule has 0 radical (unpaired) electrons. The van der Waals surface area contributed by atoms with Gasteiger partial charge in [-0.25, -0.2) is 8.42 Å². The van der Waals surface area contributed by atoms with Crippen LogP contribution in [0.4, 0.5) is 0 Å². The third-order valence-corrected chi connectivity index (χ3v) is 6.09. The number of halogens is 1. The molecule has 8 heteroatoms. The van der Waals surface area contributed by atoms with Crippen LogP contribution in [0.1, 0.15) is 15.2 Å². The zero-order valence-electron chi connectivity index (χ0n) is 11.2. The van der Waals surface area contributed by atoms with Gasteiger partial charge in [-0.15, -0.1) is 23.7 Å². The van der Waals surface area contributed by atoms with Crippen LogP contribution in [0.5, 0.6) is 0 Å². The first kappa shape index (κ1) is 17.6. The minimum atomic E-state index is -3.61. The second-order valence-electron chi connectivity index (χ2n) is 4.04. The van der Waals surface area contributed by atoms with Crippen LogP contribution in [-0.4, -0.2) is 21.4 Å². The van der Waals surface area contributed by atoms with E-state index in [1.807, 2.05) is 0 Å². The highest BCUT2D eigenvalue weighted by atomic mass is 35.5. The lowest BCUT2D eigenvalue weighted by Crippen LogP contribution is -2.18. The van der Waals surface area contributed by atoms with E-state index in [1.165, 1.54) is 25.2 Å². The third kappa shape index (κ3) is 3.62. The minimum Gasteiger partial charge on any atom is -0.355 e. The van der Waals surface area contributed by atoms with E-state index in [4.69, 9.17) is 5.73 Å². The average Bonchev–Trinajstić information content (AvgIpc) is 2.96. The van der Waals surface area contributed by atoms with Crippen molar-refractivity contribution in [1.29, 1.82) is 0 Å². The molecule has 1 aromatic heterocycles. The maximum Gasteiger partial charge on any atom is 0.251 e. The Morgan fingerprint density at radius 2 is 2.00 bits per heavy atom. The van der Waals surface area contributed by atoms with Crippen LogP contribution in [0.25, 0.3) is 0 Å². The number of sulfone groups is 1. The van der Waals surface area contributed by atoms with Gasteiger partial charge in [0.2, 0.25) is 9.84 Å². The normalized spacial score (nSPS) is 10.8. The number of benzene rings is 1. The molecule has 0 fully saturated rings. The van der Waals surface area contributed by atoms with Crippen molar-refractivity contribution in [3.05, 3.63) is 46.8 Å². The zero-order chi connectivity index (χ0) is 14.8. The van der Waals surface area contributed by atoms with Crippen molar-refractivity contribution in [3.8, 4) is 0 Å². The molecule has 1 amide bonds. The van der Waals surface area contributed by atoms with Crippen LogP contribution in [-0.2, 0) is 16.4 Å². The number of hydrogen-bond donors (Lipinski definition) is 2. The molecule has 114 valence electrons. The lowest BCUT2D eigenvalue weighted by molar-refractivity contribution is 0.0963. The molecule has 2 aromatic rings. The summed E-state index contributed by atoms with van der Waals surface area (Å²) in [6, 6.07) is 9.20. The van der Waals surface area contributed by atoms with Crippen molar-refractivity contribution < 1.29 is 13.2 Å². The summed E-state index contributed by atoms with van der Waals surface area (Å²) in [7, 11) is -2.11. The van der Waals surface area contributed by atoms with E-state index >= 15 is 0 Å². The summed E-state index contributed by atoms with van der Waals surface area (Å²) in [6.45, 7) is 0.304. The van der Waals surface area contributed by atoms with Crippen LogP contribution in [0.3, 0.4) is 0 Å². The fraction of sp³-hybridized carbons (Fsp3) is 0.154. The molecule has 0 aliphatic carbocycles. The third-order valence-electron chi connectivity index (χ3n) is 2.74. The van der Waals surface area contributed by atoms with Crippen LogP contribution in [0, 0.1) is 0 Å². The fourth-order valence-corrected chi connectivity index (χ4v) is 4.36. The van der Waals surface area contributed by atoms with Crippen LogP contribution < -0.4 is 11.1 Å². The first-order chi connectivity index (χ1) is 9.48. The lowest BCUT2D eigenvalue weighted by Gasteiger charge is -2.04. The molecule has 1 aromatic carbocycles. The average molecular weight is 347 g/mol. The van der Waals surface area contributed by atoms with Gasteiger partial charge in [0.1, 0.15) is 4.21 Å². The molecule has 0 aliphatic rings. The number of carbonyl (C=O) groups is 1. The molecule has 5 nitrogen and oxygen atoms in total. The molecular weight excluding hydrogens is 332 g/mol. The Labute approximate surface area is 133 Å². The molecule has 0 unspecified atom stereocenters. The van der Waals surface area contributed by atoms with Gasteiger partial charge >= 0.3 is 0 Å². The number of hydrogen-bond acceptors (Lipinski definition) is 5. The highest BCUT2D eigenvalue weighted by Crippen LogP contribution is 2.28. The van der Waals surface area contributed by atoms with E-state index in [0.29, 0.717) is 12.1 Å². The van der Waals surface area contributed by atoms with E-state index in [0.717, 1.165) is 16.2 Å². The molecule has 2 rings (SSSR count). The van der Waals surface area contributed by atoms with Crippen LogP contribution in [0.2, 0.25) is 0 Å². The van der Waals surface area contributed by atoms with Gasteiger partial charge in [-0.1, -0.05) is 6.07 Å². The second kappa shape index (κ2) is 7.04. The SMILES string of the molecule is CNC(=O)c1cccc(S(=O)(=O)c2ccc(CN)s2)c1.Cl. The van der Waals surface area contributed by atoms with E-state index in [9.17, 15) is 13.2 Å². The summed E-state index contributed by atoms with van der Waals surface area (Å²) in [5.74, 6) is -0.323. The number of rotatable bonds is 4. The van der Waals surface area contributed by atoms with Crippen LogP contribution >= 0.6 is 23.7 Å². The topological polar surface area (TPSA) is 89.3 Å². The lowest BCUT2D eigenvalue weighted by atomic mass is 10.2. The Kier molecular flexibility index (Phi) is 5.91. The molecule has 0 atom stereocenters. The van der Waals surface area contributed by atoms with Gasteiger partial charge in [0.25, 0.3) is 5.91 Å². The zero-order valence-corrected chi connectivity index (χ0v) is 13.6. The number of nitrogens with one attached hydrogen (secondary N) is 1. The van der Waals surface area contributed by atoms with Gasteiger partial charge in [0.15, 0.2) is 0 Å². The summed E-state index contributed by atoms with van der Waals surface area (Å²) in [4.78, 5) is 12.5. The summed E-state index contributed by atoms with van der Waals surface area (Å²) in [6.07, 6.45) is 0. The molecule has 0 bridgehead atoms. The number of amides is 1. The number of thiophene rings is 1. The minimum absolute atomic E-state index is 0. The molecule has 0 saturated heterocycles. The maximum atomic E-state index is 12.5. The summed E-state index contributed by atoms with van der Waals surface area (Å²) in [5, 5.41) is 2.47. The Morgan fingerprint density at radius 3 is 2.57 bits per heavy atom. The quantitative estimate of drug-likeness (QED) is 0.883. The molecule has 0 saturated carbocycles. The van der Waals surface area contributed by atoms with E-state index in [1.54, 1.807) is 18.2 Å². The Bertz CT molecular complexity index is 741. The Hall–Kier alpha value is -1.41. The van der Waals surface area contributed by atoms with Gasteiger partial charge < -0.3 is 11.1 Å². The first-order valence-corrected chi connectivity index (χ1v) is 8.15. The van der Waals surface area contributed by atoms with Gasteiger partial charge in [-0.05, 0) is 30.3 Å². The summed E-state index contributed by atoms with van der Waals surface area (Å²) in [5.41, 5.74) is 5.80. The first-order valence-electron chi connectivity index (χ1n) is 5.85. The highest BCUT2D eigenvalue weighted by molar-refractivity contribution is 7.93. The van der Waals surface area contributed by atoms with E-state index in [2.05, 4.69) is 5.32 Å². The Balaban J connectivity index is 0.00000220. The van der Waals surface area contributed by atoms with Gasteiger partial charge in [0.05, 0.1) is 4.90 Å². The largest absolute Gasteiger partial charge is 0.355 e. The van der Waals surface area contributed by atoms with Crippen molar-refractivity contribution in [2.45, 2.75) is 15.6 Å². The van der Waals surface area contributed by atoms with Gasteiger partial charge in [-0.3, -0.25) is 4.79 Å². The molecule has 0 spiro atoms. The molecule has 1 heterocycles. The summed E-state index contributed by atoms with van der Waals surface area (Å²) >= 11 is 1.14. The molecular formula is C13H15ClN2O3S2. The second-order valence-corrected chi connectivity index (χ2v) is 7.38. The molecule has 0 aliphatic heterocycles. The fourth-order valence-electron chi connectivity index (χ4n) is 1.68. The van der Waals surface area contributed by atoms with E-state index in [-0.39, 0.29) is 27.4 Å². The van der Waals surface area contributed by atoms with Crippen molar-refractivity contribution in [2.75, 3.05) is 7.05 Å². The predicted octanol–water partition coefficient (Wildman–Crippen LogP) is 1.82. The molecule has 21 heavy (non-hydrogen) atoms. The van der Waals surface area contributed by atoms with Crippen molar-refractivity contribution in [3.63, 3.8) is 0 Å². The Morgan fingerprint density at radius 1 is 1.29 bits per heavy atom. The summed E-state index contributed by atoms with van der Waals surface area (Å²) < 4.78 is 25.2. The predicted molar refractivity (Wildman–Crippen MR) is 84.7 cm³/mol. The monoisotopic (exact) mass is 346 g/mol. The van der Waals surface area contributed by atoms with Gasteiger partial charge in [-0.2, -0.15) is 0 Å². The van der Waals surface area contributed by atoms with Gasteiger partial charge in [0, 0.05) is 24.0 Å². The van der Waals surface area contributed by atoms with Crippen molar-refractivity contribution >= 4 is 39.5 Å². The highest BCUT2D eigenvalue weighted by Gasteiger charge is 2.20. The van der Waals surface area contributed by atoms with Crippen molar-refractivity contribution in [1.82, 2.24) is 5.32 Å². The van der Waals surface area contributed by atoms with Crippen LogP contribution in [0.15, 0.2) is 45.5 Å².